The van der Waals surface area contributed by atoms with Gasteiger partial charge in [-0.25, -0.2) is 4.39 Å². The first-order valence-corrected chi connectivity index (χ1v) is 13.2. The van der Waals surface area contributed by atoms with Gasteiger partial charge in [0.2, 0.25) is 17.5 Å². The Bertz CT molecular complexity index is 1520. The second-order valence-electron chi connectivity index (χ2n) is 9.68. The number of ether oxygens (including phenoxy) is 2. The summed E-state index contributed by atoms with van der Waals surface area (Å²) in [6, 6.07) is 10.7. The van der Waals surface area contributed by atoms with E-state index >= 15 is 0 Å². The lowest BCUT2D eigenvalue weighted by Gasteiger charge is -2.14. The molecule has 1 aliphatic carbocycles. The Balaban J connectivity index is 0.00000405. The van der Waals surface area contributed by atoms with Crippen LogP contribution in [0.15, 0.2) is 51.5 Å². The van der Waals surface area contributed by atoms with E-state index in [0.29, 0.717) is 35.4 Å². The van der Waals surface area contributed by atoms with Crippen molar-refractivity contribution < 1.29 is 32.5 Å². The summed E-state index contributed by atoms with van der Waals surface area (Å²) < 4.78 is 36.5. The molecule has 0 radical (unpaired) electrons. The summed E-state index contributed by atoms with van der Waals surface area (Å²) in [6.45, 7) is 3.18. The molecule has 0 bridgehead atoms. The largest absolute Gasteiger partial charge is 0.481 e. The number of carbonyl (C=O) groups excluding carboxylic acids is 2. The van der Waals surface area contributed by atoms with Crippen LogP contribution in [0.2, 0.25) is 0 Å². The Hall–Kier alpha value is -4.36. The fourth-order valence-corrected chi connectivity index (χ4v) is 3.95. The molecule has 1 fully saturated rings. The number of amides is 1. The number of aromatic nitrogens is 4. The number of nitrogens with one attached hydrogen (secondary N) is 1. The summed E-state index contributed by atoms with van der Waals surface area (Å²) in [5, 5.41) is 10.6. The average molecular weight is 601 g/mol. The van der Waals surface area contributed by atoms with Gasteiger partial charge in [0.15, 0.2) is 6.10 Å². The van der Waals surface area contributed by atoms with Crippen molar-refractivity contribution in [2.45, 2.75) is 51.2 Å². The molecule has 0 spiro atoms. The first-order valence-electron chi connectivity index (χ1n) is 13.2. The van der Waals surface area contributed by atoms with Crippen LogP contribution in [0, 0.1) is 5.82 Å². The van der Waals surface area contributed by atoms with Crippen LogP contribution in [0.3, 0.4) is 0 Å². The molecule has 0 aliphatic heterocycles. The van der Waals surface area contributed by atoms with Crippen molar-refractivity contribution in [3.8, 4) is 28.5 Å². The lowest BCUT2D eigenvalue weighted by atomic mass is 10.1. The molecule has 2 aromatic heterocycles. The van der Waals surface area contributed by atoms with Crippen molar-refractivity contribution in [1.82, 2.24) is 25.6 Å². The van der Waals surface area contributed by atoms with Crippen molar-refractivity contribution in [3.63, 3.8) is 0 Å². The summed E-state index contributed by atoms with van der Waals surface area (Å²) >= 11 is 0. The number of rotatable bonds is 12. The quantitative estimate of drug-likeness (QED) is 0.221. The predicted octanol–water partition coefficient (Wildman–Crippen LogP) is 4.38. The summed E-state index contributed by atoms with van der Waals surface area (Å²) in [7, 11) is 0. The van der Waals surface area contributed by atoms with Crippen molar-refractivity contribution in [1.29, 1.82) is 0 Å². The molecule has 2 atom stereocenters. The molecule has 5 rings (SSSR count). The van der Waals surface area contributed by atoms with Gasteiger partial charge in [-0.15, -0.1) is 12.4 Å². The van der Waals surface area contributed by atoms with E-state index in [-0.39, 0.29) is 42.8 Å². The van der Waals surface area contributed by atoms with Gasteiger partial charge in [-0.2, -0.15) is 9.97 Å². The monoisotopic (exact) mass is 600 g/mol. The molecular formula is C28H30ClFN6O6. The normalized spacial score (nSPS) is 14.0. The highest BCUT2D eigenvalue weighted by Gasteiger charge is 2.30. The second-order valence-corrected chi connectivity index (χ2v) is 9.68. The number of nitrogens with zero attached hydrogens (tertiary/aromatic N) is 4. The second kappa shape index (κ2) is 13.5. The molecule has 3 N–H and O–H groups in total. The maximum Gasteiger partial charge on any atom is 0.319 e. The van der Waals surface area contributed by atoms with Crippen LogP contribution in [0.1, 0.15) is 67.3 Å². The van der Waals surface area contributed by atoms with Crippen molar-refractivity contribution in [3.05, 3.63) is 65.6 Å². The molecule has 42 heavy (non-hydrogen) atoms. The molecule has 4 aromatic rings. The minimum Gasteiger partial charge on any atom is -0.481 e. The fourth-order valence-electron chi connectivity index (χ4n) is 3.95. The molecule has 14 heteroatoms. The van der Waals surface area contributed by atoms with Crippen LogP contribution in [0.5, 0.6) is 5.75 Å². The minimum atomic E-state index is -0.772. The van der Waals surface area contributed by atoms with Gasteiger partial charge in [-0.3, -0.25) is 9.59 Å². The van der Waals surface area contributed by atoms with E-state index in [1.807, 2.05) is 19.1 Å². The summed E-state index contributed by atoms with van der Waals surface area (Å²) in [5.74, 6) is 0.512. The molecule has 12 nitrogen and oxygen atoms in total. The van der Waals surface area contributed by atoms with Gasteiger partial charge in [0.25, 0.3) is 11.8 Å². The van der Waals surface area contributed by atoms with E-state index in [4.69, 9.17) is 24.3 Å². The van der Waals surface area contributed by atoms with Crippen LogP contribution in [0.4, 0.5) is 4.39 Å². The highest BCUT2D eigenvalue weighted by molar-refractivity contribution is 5.95. The van der Waals surface area contributed by atoms with E-state index in [9.17, 15) is 14.0 Å². The van der Waals surface area contributed by atoms with Crippen LogP contribution < -0.4 is 15.8 Å². The number of hydrogen-bond donors (Lipinski definition) is 2. The molecule has 2 aromatic carbocycles. The van der Waals surface area contributed by atoms with Gasteiger partial charge in [0, 0.05) is 17.0 Å². The first-order chi connectivity index (χ1) is 19.8. The number of nitrogens with two attached hydrogens (primary N) is 1. The third-order valence-electron chi connectivity index (χ3n) is 6.36. The minimum absolute atomic E-state index is 0. The number of carbonyl (C=O) groups is 2. The Morgan fingerprint density at radius 2 is 1.76 bits per heavy atom. The van der Waals surface area contributed by atoms with Crippen molar-refractivity contribution in [2.75, 3.05) is 13.2 Å². The zero-order valence-electron chi connectivity index (χ0n) is 22.9. The van der Waals surface area contributed by atoms with E-state index in [1.54, 1.807) is 19.1 Å². The molecule has 222 valence electrons. The van der Waals surface area contributed by atoms with Gasteiger partial charge in [0.1, 0.15) is 18.2 Å². The van der Waals surface area contributed by atoms with Gasteiger partial charge in [-0.1, -0.05) is 23.3 Å². The topological polar surface area (TPSA) is 168 Å². The standard InChI is InChI=1S/C28H29FN6O6.ClH/c1-3-22(39-19-9-6-16(7-10-19)24-32-27(40-34-24)17-4-5-17)28-33-25(35-41-28)18-8-11-20(21(29)12-18)26(37)31-15(2)14-38-23(36)13-30;/h6-12,15,17,22H,3-5,13-14,30H2,1-2H3,(H,31,37);1H/t15-,22?;/m1./s1. The van der Waals surface area contributed by atoms with Crippen LogP contribution in [-0.4, -0.2) is 51.4 Å². The van der Waals surface area contributed by atoms with Gasteiger partial charge in [0.05, 0.1) is 18.2 Å². The highest BCUT2D eigenvalue weighted by atomic mass is 35.5. The van der Waals surface area contributed by atoms with E-state index in [2.05, 4.69) is 25.6 Å². The highest BCUT2D eigenvalue weighted by Crippen LogP contribution is 2.39. The van der Waals surface area contributed by atoms with Gasteiger partial charge in [-0.05, 0) is 62.6 Å². The van der Waals surface area contributed by atoms with Gasteiger partial charge < -0.3 is 29.6 Å². The first kappa shape index (κ1) is 30.6. The Morgan fingerprint density at radius 1 is 1.07 bits per heavy atom. The van der Waals surface area contributed by atoms with E-state index in [0.717, 1.165) is 24.5 Å². The number of benzene rings is 2. The third-order valence-corrected chi connectivity index (χ3v) is 6.36. The van der Waals surface area contributed by atoms with Crippen LogP contribution in [0.25, 0.3) is 22.8 Å². The maximum atomic E-state index is 14.8. The van der Waals surface area contributed by atoms with Crippen LogP contribution >= 0.6 is 12.4 Å². The molecule has 1 unspecified atom stereocenters. The molecule has 1 saturated carbocycles. The molecule has 2 heterocycles. The lowest BCUT2D eigenvalue weighted by molar-refractivity contribution is -0.142. The Kier molecular flexibility index (Phi) is 9.86. The summed E-state index contributed by atoms with van der Waals surface area (Å²) in [4.78, 5) is 32.5. The van der Waals surface area contributed by atoms with E-state index < -0.39 is 29.8 Å². The predicted molar refractivity (Wildman–Crippen MR) is 149 cm³/mol. The molecule has 1 aliphatic rings. The molecule has 0 saturated heterocycles. The average Bonchev–Trinajstić information content (AvgIpc) is 3.50. The Morgan fingerprint density at radius 3 is 2.43 bits per heavy atom. The zero-order valence-corrected chi connectivity index (χ0v) is 23.7. The fraction of sp³-hybridized carbons (Fsp3) is 0.357. The van der Waals surface area contributed by atoms with Crippen molar-refractivity contribution in [2.24, 2.45) is 5.73 Å². The Labute approximate surface area is 246 Å². The number of esters is 1. The SMILES string of the molecule is CCC(Oc1ccc(-c2noc(C3CC3)n2)cc1)c1nc(-c2ccc(C(=O)N[C@H](C)COC(=O)CN)c(F)c2)no1.Cl. The van der Waals surface area contributed by atoms with Crippen molar-refractivity contribution >= 4 is 24.3 Å². The molecule has 1 amide bonds. The number of hydrogen-bond acceptors (Lipinski definition) is 11. The van der Waals surface area contributed by atoms with Gasteiger partial charge >= 0.3 is 5.97 Å². The zero-order chi connectivity index (χ0) is 28.9. The summed E-state index contributed by atoms with van der Waals surface area (Å²) in [5.41, 5.74) is 6.13. The number of halogens is 2. The lowest BCUT2D eigenvalue weighted by Crippen LogP contribution is -2.37. The molecular weight excluding hydrogens is 571 g/mol. The third kappa shape index (κ3) is 7.28. The summed E-state index contributed by atoms with van der Waals surface area (Å²) in [6.07, 6.45) is 2.15. The maximum absolute atomic E-state index is 14.8. The smallest absolute Gasteiger partial charge is 0.319 e. The van der Waals surface area contributed by atoms with Crippen LogP contribution in [-0.2, 0) is 9.53 Å². The van der Waals surface area contributed by atoms with E-state index in [1.165, 1.54) is 12.1 Å².